The Balaban J connectivity index is 2.10. The molecule has 0 aromatic heterocycles. The van der Waals surface area contributed by atoms with Crippen LogP contribution >= 0.6 is 0 Å². The van der Waals surface area contributed by atoms with Crippen molar-refractivity contribution in [2.24, 2.45) is 0 Å². The number of ketones is 1. The van der Waals surface area contributed by atoms with Crippen LogP contribution in [-0.2, 0) is 14.3 Å². The number of Topliss-reactive ketones (excluding diaryl/α,β-unsaturated/α-hetero) is 1. The average Bonchev–Trinajstić information content (AvgIpc) is 3.04. The zero-order valence-electron chi connectivity index (χ0n) is 17.7. The Morgan fingerprint density at radius 2 is 1.68 bits per heavy atom. The van der Waals surface area contributed by atoms with Crippen LogP contribution < -0.4 is 14.4 Å². The number of ether oxygens (including phenoxy) is 3. The molecule has 2 aromatic rings. The number of aliphatic hydroxyl groups excluding tert-OH is 1. The van der Waals surface area contributed by atoms with Gasteiger partial charge in [-0.3, -0.25) is 14.5 Å². The van der Waals surface area contributed by atoms with Crippen molar-refractivity contribution >= 4 is 23.3 Å². The van der Waals surface area contributed by atoms with Crippen LogP contribution in [0.25, 0.3) is 0 Å². The number of nitrogens with zero attached hydrogens (tertiary/aromatic N) is 1. The lowest BCUT2D eigenvalue weighted by Gasteiger charge is -2.27. The topological polar surface area (TPSA) is 102 Å². The minimum absolute atomic E-state index is 0.0216. The van der Waals surface area contributed by atoms with Crippen LogP contribution in [0.2, 0.25) is 0 Å². The number of amides is 1. The molecule has 8 nitrogen and oxygen atoms in total. The summed E-state index contributed by atoms with van der Waals surface area (Å²) in [4.78, 5) is 38.5. The number of carbonyl (C=O) groups excluding carboxylic acids is 3. The molecule has 1 atom stereocenters. The molecule has 0 saturated carbocycles. The van der Waals surface area contributed by atoms with Crippen molar-refractivity contribution in [2.45, 2.75) is 19.9 Å². The summed E-state index contributed by atoms with van der Waals surface area (Å²) >= 11 is 0. The van der Waals surface area contributed by atoms with E-state index in [4.69, 9.17) is 14.2 Å². The maximum atomic E-state index is 12.9. The van der Waals surface area contributed by atoms with Crippen molar-refractivity contribution in [3.8, 4) is 11.5 Å². The number of hydrogen-bond donors (Lipinski definition) is 1. The van der Waals surface area contributed by atoms with E-state index in [9.17, 15) is 19.5 Å². The zero-order chi connectivity index (χ0) is 22.7. The summed E-state index contributed by atoms with van der Waals surface area (Å²) in [6, 6.07) is 10.3. The average molecular weight is 425 g/mol. The minimum atomic E-state index is -0.877. The highest BCUT2D eigenvalue weighted by Crippen LogP contribution is 2.43. The van der Waals surface area contributed by atoms with Crippen LogP contribution in [0, 0.1) is 0 Å². The fraction of sp³-hybridized carbons (Fsp3) is 0.261. The second-order valence-corrected chi connectivity index (χ2v) is 6.78. The number of esters is 1. The Kier molecular flexibility index (Phi) is 6.29. The molecular weight excluding hydrogens is 402 g/mol. The number of benzene rings is 2. The van der Waals surface area contributed by atoms with E-state index in [1.54, 1.807) is 37.3 Å². The molecule has 1 unspecified atom stereocenters. The van der Waals surface area contributed by atoms with Gasteiger partial charge in [0.1, 0.15) is 0 Å². The second-order valence-electron chi connectivity index (χ2n) is 6.78. The van der Waals surface area contributed by atoms with Crippen LogP contribution in [0.4, 0.5) is 5.69 Å². The van der Waals surface area contributed by atoms with Crippen LogP contribution in [0.1, 0.15) is 35.8 Å². The normalized spacial score (nSPS) is 15.8. The number of aliphatic hydroxyl groups is 1. The Hall–Kier alpha value is -3.81. The van der Waals surface area contributed by atoms with Gasteiger partial charge >= 0.3 is 5.97 Å². The van der Waals surface area contributed by atoms with Gasteiger partial charge in [0.05, 0.1) is 38.0 Å². The van der Waals surface area contributed by atoms with Gasteiger partial charge in [-0.05, 0) is 55.8 Å². The highest BCUT2D eigenvalue weighted by Gasteiger charge is 2.43. The molecule has 1 aliphatic heterocycles. The molecule has 8 heteroatoms. The first-order chi connectivity index (χ1) is 14.8. The lowest BCUT2D eigenvalue weighted by Crippen LogP contribution is -2.31. The third-order valence-electron chi connectivity index (χ3n) is 4.97. The molecule has 0 saturated heterocycles. The highest BCUT2D eigenvalue weighted by atomic mass is 16.5. The van der Waals surface area contributed by atoms with Gasteiger partial charge in [0.15, 0.2) is 23.0 Å². The Morgan fingerprint density at radius 1 is 1.03 bits per heavy atom. The summed E-state index contributed by atoms with van der Waals surface area (Å²) in [5.41, 5.74) is 1.26. The molecule has 1 amide bonds. The van der Waals surface area contributed by atoms with E-state index < -0.39 is 29.5 Å². The molecule has 0 spiro atoms. The molecule has 3 rings (SSSR count). The summed E-state index contributed by atoms with van der Waals surface area (Å²) in [5.74, 6) is -1.34. The first-order valence-corrected chi connectivity index (χ1v) is 9.60. The van der Waals surface area contributed by atoms with Crippen molar-refractivity contribution in [1.82, 2.24) is 0 Å². The maximum absolute atomic E-state index is 12.9. The third kappa shape index (κ3) is 3.96. The Labute approximate surface area is 179 Å². The smallest absolute Gasteiger partial charge is 0.338 e. The summed E-state index contributed by atoms with van der Waals surface area (Å²) < 4.78 is 15.6. The molecule has 0 bridgehead atoms. The van der Waals surface area contributed by atoms with Crippen molar-refractivity contribution in [3.05, 3.63) is 64.9 Å². The van der Waals surface area contributed by atoms with Gasteiger partial charge in [-0.2, -0.15) is 0 Å². The number of carbonyl (C=O) groups is 3. The van der Waals surface area contributed by atoms with Gasteiger partial charge in [-0.25, -0.2) is 4.79 Å². The number of hydrogen-bond acceptors (Lipinski definition) is 7. The molecule has 2 aromatic carbocycles. The first-order valence-electron chi connectivity index (χ1n) is 9.60. The molecule has 31 heavy (non-hydrogen) atoms. The SMILES string of the molecule is CCOC(=O)c1ccc(N2C(=O)C(O)=C(C(C)=O)C2c2ccc(OC)c(OC)c2)cc1. The van der Waals surface area contributed by atoms with Crippen molar-refractivity contribution in [3.63, 3.8) is 0 Å². The summed E-state index contributed by atoms with van der Waals surface area (Å²) in [5, 5.41) is 10.5. The number of methoxy groups -OCH3 is 2. The van der Waals surface area contributed by atoms with Crippen molar-refractivity contribution < 1.29 is 33.7 Å². The summed E-state index contributed by atoms with van der Waals surface area (Å²) in [7, 11) is 2.98. The Morgan fingerprint density at radius 3 is 2.23 bits per heavy atom. The minimum Gasteiger partial charge on any atom is -0.503 e. The van der Waals surface area contributed by atoms with Crippen LogP contribution in [0.5, 0.6) is 11.5 Å². The number of rotatable bonds is 7. The van der Waals surface area contributed by atoms with E-state index in [1.165, 1.54) is 38.2 Å². The fourth-order valence-corrected chi connectivity index (χ4v) is 3.54. The van der Waals surface area contributed by atoms with E-state index in [0.717, 1.165) is 0 Å². The number of anilines is 1. The van der Waals surface area contributed by atoms with E-state index in [2.05, 4.69) is 0 Å². The Bertz CT molecular complexity index is 1060. The van der Waals surface area contributed by atoms with E-state index in [0.29, 0.717) is 28.3 Å². The highest BCUT2D eigenvalue weighted by molar-refractivity contribution is 6.16. The van der Waals surface area contributed by atoms with Crippen LogP contribution in [0.3, 0.4) is 0 Å². The lowest BCUT2D eigenvalue weighted by atomic mass is 9.96. The summed E-state index contributed by atoms with van der Waals surface area (Å²) in [6.45, 7) is 3.24. The van der Waals surface area contributed by atoms with Crippen LogP contribution in [-0.4, -0.2) is 43.6 Å². The molecule has 0 fully saturated rings. The van der Waals surface area contributed by atoms with Crippen LogP contribution in [0.15, 0.2) is 53.8 Å². The van der Waals surface area contributed by atoms with E-state index >= 15 is 0 Å². The molecule has 162 valence electrons. The van der Waals surface area contributed by atoms with Gasteiger partial charge in [-0.1, -0.05) is 6.07 Å². The lowest BCUT2D eigenvalue weighted by molar-refractivity contribution is -0.117. The van der Waals surface area contributed by atoms with E-state index in [1.807, 2.05) is 0 Å². The molecule has 0 radical (unpaired) electrons. The molecule has 1 heterocycles. The van der Waals surface area contributed by atoms with Gasteiger partial charge in [0.2, 0.25) is 0 Å². The van der Waals surface area contributed by atoms with Gasteiger partial charge < -0.3 is 19.3 Å². The van der Waals surface area contributed by atoms with Crippen molar-refractivity contribution in [2.75, 3.05) is 25.7 Å². The quantitative estimate of drug-likeness (QED) is 0.679. The van der Waals surface area contributed by atoms with Gasteiger partial charge in [0.25, 0.3) is 5.91 Å². The summed E-state index contributed by atoms with van der Waals surface area (Å²) in [6.07, 6.45) is 0. The predicted octanol–water partition coefficient (Wildman–Crippen LogP) is 3.37. The second kappa shape index (κ2) is 8.91. The molecule has 1 N–H and O–H groups in total. The van der Waals surface area contributed by atoms with Gasteiger partial charge in [-0.15, -0.1) is 0 Å². The standard InChI is InChI=1S/C23H23NO7/c1-5-31-23(28)14-6-9-16(10-7-14)24-20(19(13(2)25)21(26)22(24)27)15-8-11-17(29-3)18(12-15)30-4/h6-12,20,26H,5H2,1-4H3. The molecule has 1 aliphatic rings. The van der Waals surface area contributed by atoms with Gasteiger partial charge in [0, 0.05) is 5.69 Å². The predicted molar refractivity (Wildman–Crippen MR) is 113 cm³/mol. The first kappa shape index (κ1) is 21.9. The maximum Gasteiger partial charge on any atom is 0.338 e. The monoisotopic (exact) mass is 425 g/mol. The largest absolute Gasteiger partial charge is 0.503 e. The van der Waals surface area contributed by atoms with E-state index in [-0.39, 0.29) is 12.2 Å². The molecule has 0 aliphatic carbocycles. The van der Waals surface area contributed by atoms with Crippen molar-refractivity contribution in [1.29, 1.82) is 0 Å². The third-order valence-corrected chi connectivity index (χ3v) is 4.97. The zero-order valence-corrected chi connectivity index (χ0v) is 17.7. The molecular formula is C23H23NO7. The fourth-order valence-electron chi connectivity index (χ4n) is 3.54.